The smallest absolute Gasteiger partial charge is 0.269 e. The van der Waals surface area contributed by atoms with Gasteiger partial charge in [0, 0.05) is 30.8 Å². The number of nitro benzene ring substituents is 1. The molecule has 0 aromatic heterocycles. The molecule has 1 aliphatic rings. The third-order valence-corrected chi connectivity index (χ3v) is 4.88. The largest absolute Gasteiger partial charge is 0.313 e. The highest BCUT2D eigenvalue weighted by Gasteiger charge is 2.24. The summed E-state index contributed by atoms with van der Waals surface area (Å²) in [5, 5.41) is 13.8. The second-order valence-corrected chi connectivity index (χ2v) is 6.67. The molecule has 1 aliphatic heterocycles. The van der Waals surface area contributed by atoms with E-state index in [1.165, 1.54) is 24.3 Å². The molecule has 0 bridgehead atoms. The average Bonchev–Trinajstić information content (AvgIpc) is 2.41. The number of piperidine rings is 1. The van der Waals surface area contributed by atoms with Gasteiger partial charge in [-0.15, -0.1) is 0 Å². The third-order valence-electron chi connectivity index (χ3n) is 3.34. The lowest BCUT2D eigenvalue weighted by molar-refractivity contribution is -0.384. The minimum atomic E-state index is -3.63. The van der Waals surface area contributed by atoms with Crippen LogP contribution in [0.1, 0.15) is 19.8 Å². The van der Waals surface area contributed by atoms with Crippen LogP contribution in [0, 0.1) is 10.1 Å². The predicted molar refractivity (Wildman–Crippen MR) is 73.9 cm³/mol. The number of nitro groups is 1. The van der Waals surface area contributed by atoms with Gasteiger partial charge in [0.1, 0.15) is 0 Å². The van der Waals surface area contributed by atoms with Gasteiger partial charge in [0.15, 0.2) is 0 Å². The summed E-state index contributed by atoms with van der Waals surface area (Å²) in [7, 11) is -3.63. The first-order chi connectivity index (χ1) is 9.38. The van der Waals surface area contributed by atoms with Crippen molar-refractivity contribution in [1.29, 1.82) is 0 Å². The highest BCUT2D eigenvalue weighted by atomic mass is 32.2. The Labute approximate surface area is 117 Å². The first-order valence-electron chi connectivity index (χ1n) is 6.38. The molecule has 1 aromatic carbocycles. The van der Waals surface area contributed by atoms with E-state index in [9.17, 15) is 18.5 Å². The maximum absolute atomic E-state index is 12.2. The number of hydrogen-bond donors (Lipinski definition) is 2. The number of nitrogens with one attached hydrogen (secondary N) is 2. The quantitative estimate of drug-likeness (QED) is 0.638. The summed E-state index contributed by atoms with van der Waals surface area (Å²) < 4.78 is 26.9. The molecule has 0 aliphatic carbocycles. The summed E-state index contributed by atoms with van der Waals surface area (Å²) in [5.74, 6) is 0. The van der Waals surface area contributed by atoms with E-state index in [-0.39, 0.29) is 16.6 Å². The minimum Gasteiger partial charge on any atom is -0.313 e. The van der Waals surface area contributed by atoms with Gasteiger partial charge >= 0.3 is 0 Å². The van der Waals surface area contributed by atoms with Crippen LogP contribution in [-0.2, 0) is 10.0 Å². The molecule has 2 atom stereocenters. The van der Waals surface area contributed by atoms with E-state index in [1.807, 2.05) is 0 Å². The van der Waals surface area contributed by atoms with Crippen LogP contribution in [0.5, 0.6) is 0 Å². The molecule has 0 radical (unpaired) electrons. The van der Waals surface area contributed by atoms with Crippen molar-refractivity contribution in [3.8, 4) is 0 Å². The molecule has 8 heteroatoms. The Bertz CT molecular complexity index is 577. The molecule has 2 N–H and O–H groups in total. The van der Waals surface area contributed by atoms with Crippen LogP contribution in [-0.4, -0.2) is 32.0 Å². The normalized spacial score (nSPS) is 23.4. The average molecular weight is 299 g/mol. The molecule has 0 saturated carbocycles. The van der Waals surface area contributed by atoms with Crippen molar-refractivity contribution in [2.45, 2.75) is 36.7 Å². The fourth-order valence-corrected chi connectivity index (χ4v) is 3.40. The monoisotopic (exact) mass is 299 g/mol. The number of nitrogens with zero attached hydrogens (tertiary/aromatic N) is 1. The second kappa shape index (κ2) is 5.86. The Morgan fingerprint density at radius 2 is 1.95 bits per heavy atom. The zero-order valence-electron chi connectivity index (χ0n) is 11.1. The summed E-state index contributed by atoms with van der Waals surface area (Å²) in [6.07, 6.45) is 1.69. The summed E-state index contributed by atoms with van der Waals surface area (Å²) >= 11 is 0. The number of non-ortho nitro benzene ring substituents is 1. The standard InChI is InChI=1S/C12H17N3O4S/c1-9-2-3-10(8-13-9)14-20(18,19)12-6-4-11(5-7-12)15(16)17/h4-7,9-10,13-14H,2-3,8H2,1H3. The molecular formula is C12H17N3O4S. The van der Waals surface area contributed by atoms with Crippen molar-refractivity contribution in [2.75, 3.05) is 6.54 Å². The van der Waals surface area contributed by atoms with Crippen molar-refractivity contribution in [3.05, 3.63) is 34.4 Å². The topological polar surface area (TPSA) is 101 Å². The van der Waals surface area contributed by atoms with E-state index in [0.717, 1.165) is 12.8 Å². The van der Waals surface area contributed by atoms with Crippen LogP contribution in [0.2, 0.25) is 0 Å². The number of sulfonamides is 1. The van der Waals surface area contributed by atoms with Gasteiger partial charge in [0.25, 0.3) is 5.69 Å². The summed E-state index contributed by atoms with van der Waals surface area (Å²) in [5.41, 5.74) is -0.128. The van der Waals surface area contributed by atoms with E-state index in [0.29, 0.717) is 12.6 Å². The Hall–Kier alpha value is -1.51. The molecule has 110 valence electrons. The molecule has 1 aromatic rings. The first kappa shape index (κ1) is 14.9. The zero-order valence-corrected chi connectivity index (χ0v) is 11.9. The minimum absolute atomic E-state index is 0.0433. The van der Waals surface area contributed by atoms with Crippen molar-refractivity contribution in [2.24, 2.45) is 0 Å². The van der Waals surface area contributed by atoms with Crippen LogP contribution in [0.15, 0.2) is 29.2 Å². The van der Waals surface area contributed by atoms with E-state index in [2.05, 4.69) is 17.0 Å². The Kier molecular flexibility index (Phi) is 4.36. The molecule has 2 rings (SSSR count). The van der Waals surface area contributed by atoms with E-state index in [1.54, 1.807) is 0 Å². The van der Waals surface area contributed by atoms with Crippen LogP contribution < -0.4 is 10.0 Å². The molecule has 2 unspecified atom stereocenters. The SMILES string of the molecule is CC1CCC(NS(=O)(=O)c2ccc([N+](=O)[O-])cc2)CN1. The number of rotatable bonds is 4. The molecule has 20 heavy (non-hydrogen) atoms. The van der Waals surface area contributed by atoms with Crippen molar-refractivity contribution >= 4 is 15.7 Å². The zero-order chi connectivity index (χ0) is 14.8. The van der Waals surface area contributed by atoms with Gasteiger partial charge in [0.05, 0.1) is 9.82 Å². The molecule has 0 spiro atoms. The molecule has 1 heterocycles. The third kappa shape index (κ3) is 3.53. The molecule has 1 fully saturated rings. The number of hydrogen-bond acceptors (Lipinski definition) is 5. The predicted octanol–water partition coefficient (Wildman–Crippen LogP) is 1.01. The highest BCUT2D eigenvalue weighted by molar-refractivity contribution is 7.89. The van der Waals surface area contributed by atoms with Gasteiger partial charge in [-0.2, -0.15) is 0 Å². The lowest BCUT2D eigenvalue weighted by atomic mass is 10.0. The molecule has 0 amide bonds. The van der Waals surface area contributed by atoms with Gasteiger partial charge in [-0.3, -0.25) is 10.1 Å². The van der Waals surface area contributed by atoms with Crippen molar-refractivity contribution in [1.82, 2.24) is 10.0 Å². The van der Waals surface area contributed by atoms with Gasteiger partial charge in [-0.1, -0.05) is 0 Å². The van der Waals surface area contributed by atoms with Crippen LogP contribution in [0.4, 0.5) is 5.69 Å². The van der Waals surface area contributed by atoms with Gasteiger partial charge in [-0.25, -0.2) is 13.1 Å². The van der Waals surface area contributed by atoms with E-state index >= 15 is 0 Å². The van der Waals surface area contributed by atoms with E-state index in [4.69, 9.17) is 0 Å². The van der Waals surface area contributed by atoms with Crippen LogP contribution in [0.25, 0.3) is 0 Å². The summed E-state index contributed by atoms with van der Waals surface area (Å²) in [6, 6.07) is 5.13. The van der Waals surface area contributed by atoms with Crippen LogP contribution in [0.3, 0.4) is 0 Å². The highest BCUT2D eigenvalue weighted by Crippen LogP contribution is 2.17. The Balaban J connectivity index is 2.08. The fourth-order valence-electron chi connectivity index (χ4n) is 2.13. The maximum atomic E-state index is 12.2. The fraction of sp³-hybridized carbons (Fsp3) is 0.500. The Morgan fingerprint density at radius 3 is 2.45 bits per heavy atom. The van der Waals surface area contributed by atoms with E-state index < -0.39 is 14.9 Å². The van der Waals surface area contributed by atoms with Crippen LogP contribution >= 0.6 is 0 Å². The van der Waals surface area contributed by atoms with Gasteiger partial charge < -0.3 is 5.32 Å². The lowest BCUT2D eigenvalue weighted by Crippen LogP contribution is -2.48. The van der Waals surface area contributed by atoms with Gasteiger partial charge in [-0.05, 0) is 31.9 Å². The van der Waals surface area contributed by atoms with Crippen molar-refractivity contribution < 1.29 is 13.3 Å². The molecular weight excluding hydrogens is 282 g/mol. The lowest BCUT2D eigenvalue weighted by Gasteiger charge is -2.28. The first-order valence-corrected chi connectivity index (χ1v) is 7.87. The summed E-state index contributed by atoms with van der Waals surface area (Å²) in [6.45, 7) is 2.65. The second-order valence-electron chi connectivity index (χ2n) is 4.96. The summed E-state index contributed by atoms with van der Waals surface area (Å²) in [4.78, 5) is 10.0. The number of benzene rings is 1. The van der Waals surface area contributed by atoms with Crippen molar-refractivity contribution in [3.63, 3.8) is 0 Å². The molecule has 7 nitrogen and oxygen atoms in total. The van der Waals surface area contributed by atoms with Gasteiger partial charge in [0.2, 0.25) is 10.0 Å². The maximum Gasteiger partial charge on any atom is 0.269 e. The Morgan fingerprint density at radius 1 is 1.30 bits per heavy atom. The molecule has 1 saturated heterocycles.